The third kappa shape index (κ3) is 4.93. The first kappa shape index (κ1) is 19.2. The van der Waals surface area contributed by atoms with Gasteiger partial charge in [0.1, 0.15) is 0 Å². The van der Waals surface area contributed by atoms with Crippen molar-refractivity contribution in [3.63, 3.8) is 0 Å². The van der Waals surface area contributed by atoms with E-state index in [1.807, 2.05) is 24.3 Å². The molecule has 0 saturated heterocycles. The molecular formula is C21H23N3O2. The molecule has 0 aliphatic rings. The van der Waals surface area contributed by atoms with Crippen molar-refractivity contribution < 1.29 is 9.90 Å². The first-order valence-corrected chi connectivity index (χ1v) is 8.72. The number of unbranched alkanes of at least 4 members (excludes halogenated alkanes) is 2. The fourth-order valence-electron chi connectivity index (χ4n) is 2.74. The lowest BCUT2D eigenvalue weighted by molar-refractivity contribution is -0.132. The first-order chi connectivity index (χ1) is 12.6. The van der Waals surface area contributed by atoms with Crippen LogP contribution in [0.2, 0.25) is 0 Å². The Labute approximate surface area is 153 Å². The highest BCUT2D eigenvalue weighted by molar-refractivity contribution is 5.88. The zero-order valence-electron chi connectivity index (χ0n) is 14.9. The van der Waals surface area contributed by atoms with Gasteiger partial charge in [0.2, 0.25) is 0 Å². The summed E-state index contributed by atoms with van der Waals surface area (Å²) in [6.07, 6.45) is 5.46. The summed E-state index contributed by atoms with van der Waals surface area (Å²) < 4.78 is 0. The van der Waals surface area contributed by atoms with E-state index in [0.717, 1.165) is 30.4 Å². The van der Waals surface area contributed by atoms with Crippen LogP contribution in [0.25, 0.3) is 11.3 Å². The number of benzene rings is 1. The number of nitriles is 1. The molecule has 26 heavy (non-hydrogen) atoms. The zero-order valence-corrected chi connectivity index (χ0v) is 14.9. The number of aliphatic carboxylic acids is 1. The number of pyridine rings is 1. The monoisotopic (exact) mass is 349 g/mol. The van der Waals surface area contributed by atoms with Gasteiger partial charge in [0, 0.05) is 23.9 Å². The summed E-state index contributed by atoms with van der Waals surface area (Å²) in [5, 5.41) is 18.7. The normalized spacial score (nSPS) is 11.5. The molecule has 134 valence electrons. The summed E-state index contributed by atoms with van der Waals surface area (Å²) in [6, 6.07) is 13.0. The van der Waals surface area contributed by atoms with Crippen LogP contribution in [0.4, 0.5) is 0 Å². The Hall–Kier alpha value is -3.13. The topological polar surface area (TPSA) is 100 Å². The molecule has 5 nitrogen and oxygen atoms in total. The number of carboxylic acid groups (broad SMARTS) is 1. The zero-order chi connectivity index (χ0) is 18.9. The van der Waals surface area contributed by atoms with Crippen molar-refractivity contribution in [2.24, 2.45) is 5.73 Å². The Morgan fingerprint density at radius 3 is 2.62 bits per heavy atom. The number of nitrogens with zero attached hydrogens (tertiary/aromatic N) is 2. The summed E-state index contributed by atoms with van der Waals surface area (Å²) in [6.45, 7) is 2.09. The second-order valence-electron chi connectivity index (χ2n) is 6.15. The highest BCUT2D eigenvalue weighted by Gasteiger charge is 2.14. The van der Waals surface area contributed by atoms with Crippen LogP contribution in [0.15, 0.2) is 53.9 Å². The van der Waals surface area contributed by atoms with Crippen LogP contribution in [-0.4, -0.2) is 16.1 Å². The predicted molar refractivity (Wildman–Crippen MR) is 101 cm³/mol. The molecule has 1 heterocycles. The average molecular weight is 349 g/mol. The lowest BCUT2D eigenvalue weighted by atomic mass is 10.0. The van der Waals surface area contributed by atoms with Gasteiger partial charge in [-0.1, -0.05) is 44.0 Å². The van der Waals surface area contributed by atoms with Crippen LogP contribution < -0.4 is 5.73 Å². The smallest absolute Gasteiger partial charge is 0.333 e. The second-order valence-corrected chi connectivity index (χ2v) is 6.15. The van der Waals surface area contributed by atoms with E-state index in [9.17, 15) is 15.2 Å². The lowest BCUT2D eigenvalue weighted by Crippen LogP contribution is -2.13. The highest BCUT2D eigenvalue weighted by Crippen LogP contribution is 2.22. The molecule has 0 aliphatic heterocycles. The fourth-order valence-corrected chi connectivity index (χ4v) is 2.74. The third-order valence-electron chi connectivity index (χ3n) is 4.22. The van der Waals surface area contributed by atoms with Crippen LogP contribution in [0, 0.1) is 11.3 Å². The quantitative estimate of drug-likeness (QED) is 0.553. The summed E-state index contributed by atoms with van der Waals surface area (Å²) in [5.41, 5.74) is 9.45. The molecule has 0 radical (unpaired) electrons. The molecule has 0 aliphatic carbocycles. The number of carbonyl (C=O) groups is 1. The molecule has 5 heteroatoms. The number of rotatable bonds is 8. The minimum atomic E-state index is -0.988. The van der Waals surface area contributed by atoms with Crippen molar-refractivity contribution in [3.05, 3.63) is 65.0 Å². The van der Waals surface area contributed by atoms with Gasteiger partial charge < -0.3 is 10.8 Å². The van der Waals surface area contributed by atoms with E-state index in [1.54, 1.807) is 18.3 Å². The van der Waals surface area contributed by atoms with E-state index < -0.39 is 5.97 Å². The number of nitrogens with two attached hydrogens (primary N) is 1. The second kappa shape index (κ2) is 9.38. The van der Waals surface area contributed by atoms with Gasteiger partial charge in [-0.3, -0.25) is 4.98 Å². The first-order valence-electron chi connectivity index (χ1n) is 8.72. The van der Waals surface area contributed by atoms with Gasteiger partial charge in [-0.05, 0) is 30.5 Å². The molecule has 2 aromatic rings. The average Bonchev–Trinajstić information content (AvgIpc) is 2.66. The number of aromatic nitrogens is 1. The minimum absolute atomic E-state index is 0.230. The minimum Gasteiger partial charge on any atom is -0.478 e. The van der Waals surface area contributed by atoms with E-state index >= 15 is 0 Å². The van der Waals surface area contributed by atoms with E-state index in [2.05, 4.69) is 18.0 Å². The largest absolute Gasteiger partial charge is 0.478 e. The Bertz CT molecular complexity index is 833. The van der Waals surface area contributed by atoms with E-state index in [1.165, 1.54) is 0 Å². The summed E-state index contributed by atoms with van der Waals surface area (Å²) in [5.74, 6) is -0.988. The Balaban J connectivity index is 2.20. The number of hydrogen-bond acceptors (Lipinski definition) is 4. The van der Waals surface area contributed by atoms with Crippen molar-refractivity contribution in [2.45, 2.75) is 39.0 Å². The molecule has 0 amide bonds. The van der Waals surface area contributed by atoms with E-state index in [4.69, 9.17) is 5.73 Å². The third-order valence-corrected chi connectivity index (χ3v) is 4.22. The molecule has 1 aromatic heterocycles. The molecule has 0 spiro atoms. The molecule has 3 N–H and O–H groups in total. The van der Waals surface area contributed by atoms with Crippen molar-refractivity contribution in [2.75, 3.05) is 0 Å². The maximum atomic E-state index is 11.6. The highest BCUT2D eigenvalue weighted by atomic mass is 16.4. The van der Waals surface area contributed by atoms with Crippen LogP contribution >= 0.6 is 0 Å². The Morgan fingerprint density at radius 1 is 1.23 bits per heavy atom. The SMILES string of the molecule is CCCCCC(N)=C(Cc1ccc(-c2ccccc2C#N)nc1)C(=O)O. The standard InChI is InChI=1S/C21H23N3O2/c1-2-3-4-9-19(23)18(21(25)26)12-15-10-11-20(24-14-15)17-8-6-5-7-16(17)13-22/h5-8,10-11,14H,2-4,9,12,23H2,1H3,(H,25,26). The lowest BCUT2D eigenvalue weighted by Gasteiger charge is -2.09. The van der Waals surface area contributed by atoms with Crippen molar-refractivity contribution in [1.82, 2.24) is 4.98 Å². The van der Waals surface area contributed by atoms with E-state index in [0.29, 0.717) is 23.4 Å². The maximum Gasteiger partial charge on any atom is 0.333 e. The number of carboxylic acids is 1. The molecule has 0 fully saturated rings. The van der Waals surface area contributed by atoms with Crippen LogP contribution in [0.3, 0.4) is 0 Å². The van der Waals surface area contributed by atoms with Crippen molar-refractivity contribution in [3.8, 4) is 17.3 Å². The van der Waals surface area contributed by atoms with Crippen molar-refractivity contribution >= 4 is 5.97 Å². The van der Waals surface area contributed by atoms with Crippen LogP contribution in [0.1, 0.15) is 43.7 Å². The van der Waals surface area contributed by atoms with Gasteiger partial charge in [0.05, 0.1) is 22.9 Å². The number of hydrogen-bond donors (Lipinski definition) is 2. The van der Waals surface area contributed by atoms with Crippen LogP contribution in [0.5, 0.6) is 0 Å². The van der Waals surface area contributed by atoms with Gasteiger partial charge >= 0.3 is 5.97 Å². The molecule has 2 rings (SSSR count). The van der Waals surface area contributed by atoms with Gasteiger partial charge in [-0.2, -0.15) is 5.26 Å². The van der Waals surface area contributed by atoms with Gasteiger partial charge in [0.25, 0.3) is 0 Å². The molecule has 0 atom stereocenters. The number of allylic oxidation sites excluding steroid dienone is 1. The predicted octanol–water partition coefficient (Wildman–Crippen LogP) is 4.04. The Kier molecular flexibility index (Phi) is 6.92. The van der Waals surface area contributed by atoms with Gasteiger partial charge in [0.15, 0.2) is 0 Å². The van der Waals surface area contributed by atoms with Crippen LogP contribution in [-0.2, 0) is 11.2 Å². The van der Waals surface area contributed by atoms with Gasteiger partial charge in [-0.25, -0.2) is 4.79 Å². The fraction of sp³-hybridized carbons (Fsp3) is 0.286. The summed E-state index contributed by atoms with van der Waals surface area (Å²) in [4.78, 5) is 16.0. The molecule has 0 bridgehead atoms. The summed E-state index contributed by atoms with van der Waals surface area (Å²) >= 11 is 0. The Morgan fingerprint density at radius 2 is 2.00 bits per heavy atom. The molecule has 1 aromatic carbocycles. The summed E-state index contributed by atoms with van der Waals surface area (Å²) in [7, 11) is 0. The molecule has 0 saturated carbocycles. The molecular weight excluding hydrogens is 326 g/mol. The van der Waals surface area contributed by atoms with Crippen molar-refractivity contribution in [1.29, 1.82) is 5.26 Å². The van der Waals surface area contributed by atoms with Gasteiger partial charge in [-0.15, -0.1) is 0 Å². The molecule has 0 unspecified atom stereocenters. The maximum absolute atomic E-state index is 11.6. The van der Waals surface area contributed by atoms with E-state index in [-0.39, 0.29) is 12.0 Å².